The summed E-state index contributed by atoms with van der Waals surface area (Å²) in [5, 5.41) is 4.72. The highest BCUT2D eigenvalue weighted by molar-refractivity contribution is 14.1. The van der Waals surface area contributed by atoms with E-state index in [-0.39, 0.29) is 0 Å². The Morgan fingerprint density at radius 3 is 2.76 bits per heavy atom. The molecule has 0 saturated heterocycles. The van der Waals surface area contributed by atoms with Crippen LogP contribution >= 0.6 is 34.2 Å². The first kappa shape index (κ1) is 12.8. The van der Waals surface area contributed by atoms with E-state index in [1.54, 1.807) is 6.20 Å². The van der Waals surface area contributed by atoms with Gasteiger partial charge in [0.25, 0.3) is 0 Å². The van der Waals surface area contributed by atoms with Crippen LogP contribution in [0, 0.1) is 3.57 Å². The largest absolute Gasteiger partial charge is 0.262 e. The highest BCUT2D eigenvalue weighted by Gasteiger charge is 2.13. The monoisotopic (exact) mass is 362 g/mol. The Morgan fingerprint density at radius 2 is 2.12 bits per heavy atom. The van der Waals surface area contributed by atoms with Gasteiger partial charge in [0.05, 0.1) is 9.26 Å². The average molecular weight is 363 g/mol. The van der Waals surface area contributed by atoms with Crippen molar-refractivity contribution >= 4 is 34.2 Å². The van der Waals surface area contributed by atoms with Gasteiger partial charge in [0.15, 0.2) is 5.82 Å². The molecule has 0 aliphatic heterocycles. The molecule has 0 atom stereocenters. The second kappa shape index (κ2) is 5.30. The van der Waals surface area contributed by atoms with Gasteiger partial charge in [-0.15, -0.1) is 0 Å². The molecule has 17 heavy (non-hydrogen) atoms. The molecule has 0 spiro atoms. The van der Waals surface area contributed by atoms with E-state index in [1.165, 1.54) is 0 Å². The average Bonchev–Trinajstić information content (AvgIpc) is 2.80. The van der Waals surface area contributed by atoms with Crippen molar-refractivity contribution in [1.29, 1.82) is 0 Å². The predicted octanol–water partition coefficient (Wildman–Crippen LogP) is 3.18. The highest BCUT2D eigenvalue weighted by atomic mass is 127. The van der Waals surface area contributed by atoms with Crippen molar-refractivity contribution in [3.8, 4) is 11.5 Å². The summed E-state index contributed by atoms with van der Waals surface area (Å²) in [6.07, 6.45) is 2.59. The molecule has 2 aromatic heterocycles. The molecule has 90 valence electrons. The molecule has 2 heterocycles. The summed E-state index contributed by atoms with van der Waals surface area (Å²) < 4.78 is 2.79. The van der Waals surface area contributed by atoms with E-state index in [4.69, 9.17) is 11.6 Å². The van der Waals surface area contributed by atoms with E-state index < -0.39 is 0 Å². The molecule has 0 aliphatic rings. The standard InChI is InChI=1S/C11H12ClIN4/c1-3-7-9(13)10(12)16-11(15-7)8-5-6-14-17(8)4-2/h5-6H,3-4H2,1-2H3. The van der Waals surface area contributed by atoms with Gasteiger partial charge >= 0.3 is 0 Å². The lowest BCUT2D eigenvalue weighted by atomic mass is 10.3. The zero-order valence-electron chi connectivity index (χ0n) is 9.61. The van der Waals surface area contributed by atoms with Crippen molar-refractivity contribution in [3.05, 3.63) is 26.7 Å². The number of aryl methyl sites for hydroxylation is 2. The van der Waals surface area contributed by atoms with Crippen LogP contribution in [0.15, 0.2) is 12.3 Å². The minimum atomic E-state index is 0.510. The van der Waals surface area contributed by atoms with E-state index in [2.05, 4.69) is 44.6 Å². The lowest BCUT2D eigenvalue weighted by molar-refractivity contribution is 0.663. The van der Waals surface area contributed by atoms with E-state index in [0.29, 0.717) is 11.0 Å². The number of hydrogen-bond donors (Lipinski definition) is 0. The third-order valence-corrected chi connectivity index (χ3v) is 4.19. The number of aromatic nitrogens is 4. The van der Waals surface area contributed by atoms with Crippen molar-refractivity contribution < 1.29 is 0 Å². The molecule has 2 rings (SSSR count). The Labute approximate surface area is 119 Å². The fraction of sp³-hybridized carbons (Fsp3) is 0.364. The van der Waals surface area contributed by atoms with Crippen LogP contribution in [0.3, 0.4) is 0 Å². The Morgan fingerprint density at radius 1 is 1.35 bits per heavy atom. The molecular formula is C11H12ClIN4. The van der Waals surface area contributed by atoms with Gasteiger partial charge < -0.3 is 0 Å². The molecule has 0 aliphatic carbocycles. The van der Waals surface area contributed by atoms with Gasteiger partial charge in [0, 0.05) is 12.7 Å². The van der Waals surface area contributed by atoms with Crippen LogP contribution < -0.4 is 0 Å². The summed E-state index contributed by atoms with van der Waals surface area (Å²) in [4.78, 5) is 8.86. The molecule has 0 bridgehead atoms. The second-order valence-corrected chi connectivity index (χ2v) is 4.92. The molecule has 0 amide bonds. The maximum Gasteiger partial charge on any atom is 0.179 e. The summed E-state index contributed by atoms with van der Waals surface area (Å²) in [6, 6.07) is 1.90. The summed E-state index contributed by atoms with van der Waals surface area (Å²) in [6.45, 7) is 4.88. The molecule has 6 heteroatoms. The fourth-order valence-corrected chi connectivity index (χ4v) is 2.40. The zero-order valence-corrected chi connectivity index (χ0v) is 12.5. The van der Waals surface area contributed by atoms with E-state index in [9.17, 15) is 0 Å². The molecule has 0 N–H and O–H groups in total. The van der Waals surface area contributed by atoms with Gasteiger partial charge in [0.2, 0.25) is 0 Å². The number of hydrogen-bond acceptors (Lipinski definition) is 3. The molecule has 2 aromatic rings. The highest BCUT2D eigenvalue weighted by Crippen LogP contribution is 2.24. The summed E-state index contributed by atoms with van der Waals surface area (Å²) >= 11 is 8.30. The smallest absolute Gasteiger partial charge is 0.179 e. The van der Waals surface area contributed by atoms with Crippen molar-refractivity contribution in [2.24, 2.45) is 0 Å². The number of nitrogens with zero attached hydrogens (tertiary/aromatic N) is 4. The van der Waals surface area contributed by atoms with Crippen LogP contribution in [0.1, 0.15) is 19.5 Å². The minimum absolute atomic E-state index is 0.510. The normalized spacial score (nSPS) is 10.8. The van der Waals surface area contributed by atoms with Crippen molar-refractivity contribution in [3.63, 3.8) is 0 Å². The summed E-state index contributed by atoms with van der Waals surface area (Å²) in [5.41, 5.74) is 1.88. The van der Waals surface area contributed by atoms with E-state index in [1.807, 2.05) is 17.7 Å². The Hall–Kier alpha value is -0.690. The Bertz CT molecular complexity index is 538. The SMILES string of the molecule is CCc1nc(-c2ccnn2CC)nc(Cl)c1I. The van der Waals surface area contributed by atoms with Gasteiger partial charge in [-0.1, -0.05) is 18.5 Å². The van der Waals surface area contributed by atoms with Gasteiger partial charge in [-0.2, -0.15) is 5.10 Å². The van der Waals surface area contributed by atoms with Crippen LogP contribution in [0.4, 0.5) is 0 Å². The lowest BCUT2D eigenvalue weighted by Gasteiger charge is -2.07. The first-order chi connectivity index (χ1) is 8.17. The molecule has 0 radical (unpaired) electrons. The van der Waals surface area contributed by atoms with E-state index in [0.717, 1.165) is 27.9 Å². The fourth-order valence-electron chi connectivity index (χ4n) is 1.59. The van der Waals surface area contributed by atoms with Gasteiger partial charge in [-0.3, -0.25) is 4.68 Å². The summed E-state index contributed by atoms with van der Waals surface area (Å²) in [7, 11) is 0. The number of halogens is 2. The van der Waals surface area contributed by atoms with Gasteiger partial charge in [0.1, 0.15) is 10.8 Å². The molecule has 4 nitrogen and oxygen atoms in total. The second-order valence-electron chi connectivity index (χ2n) is 3.48. The number of rotatable bonds is 3. The van der Waals surface area contributed by atoms with Crippen LogP contribution in [-0.4, -0.2) is 19.7 Å². The van der Waals surface area contributed by atoms with Crippen LogP contribution in [-0.2, 0) is 13.0 Å². The Kier molecular flexibility index (Phi) is 3.98. The maximum absolute atomic E-state index is 6.12. The first-order valence-electron chi connectivity index (χ1n) is 5.41. The maximum atomic E-state index is 6.12. The topological polar surface area (TPSA) is 43.6 Å². The van der Waals surface area contributed by atoms with Crippen molar-refractivity contribution in [1.82, 2.24) is 19.7 Å². The van der Waals surface area contributed by atoms with Crippen LogP contribution in [0.2, 0.25) is 5.15 Å². The molecule has 0 aromatic carbocycles. The lowest BCUT2D eigenvalue weighted by Crippen LogP contribution is -2.04. The quantitative estimate of drug-likeness (QED) is 0.622. The van der Waals surface area contributed by atoms with Gasteiger partial charge in [-0.05, 0) is 42.0 Å². The minimum Gasteiger partial charge on any atom is -0.262 e. The molecule has 0 saturated carbocycles. The third kappa shape index (κ3) is 2.44. The van der Waals surface area contributed by atoms with Crippen LogP contribution in [0.25, 0.3) is 11.5 Å². The molecule has 0 fully saturated rings. The Balaban J connectivity index is 2.57. The third-order valence-electron chi connectivity index (χ3n) is 2.46. The van der Waals surface area contributed by atoms with Crippen LogP contribution in [0.5, 0.6) is 0 Å². The van der Waals surface area contributed by atoms with Crippen molar-refractivity contribution in [2.45, 2.75) is 26.8 Å². The molecular weight excluding hydrogens is 351 g/mol. The predicted molar refractivity (Wildman–Crippen MR) is 76.0 cm³/mol. The van der Waals surface area contributed by atoms with E-state index >= 15 is 0 Å². The van der Waals surface area contributed by atoms with Gasteiger partial charge in [-0.25, -0.2) is 9.97 Å². The first-order valence-corrected chi connectivity index (χ1v) is 6.87. The van der Waals surface area contributed by atoms with Crippen molar-refractivity contribution in [2.75, 3.05) is 0 Å². The molecule has 0 unspecified atom stereocenters. The zero-order chi connectivity index (χ0) is 12.4. The summed E-state index contributed by atoms with van der Waals surface area (Å²) in [5.74, 6) is 0.645.